The molecule has 0 aliphatic carbocycles. The summed E-state index contributed by atoms with van der Waals surface area (Å²) in [6.45, 7) is 8.61. The van der Waals surface area contributed by atoms with E-state index in [-0.39, 0.29) is 6.09 Å². The Bertz CT molecular complexity index is 557. The van der Waals surface area contributed by atoms with Crippen LogP contribution in [0.5, 0.6) is 0 Å². The maximum atomic E-state index is 12.4. The van der Waals surface area contributed by atoms with Crippen LogP contribution in [-0.4, -0.2) is 31.3 Å². The fourth-order valence-electron chi connectivity index (χ4n) is 3.31. The van der Waals surface area contributed by atoms with Crippen molar-refractivity contribution in [2.75, 3.05) is 24.5 Å². The average molecular weight is 302 g/mol. The minimum absolute atomic E-state index is 0.228. The number of carbonyl (C=O) groups excluding carboxylic acids is 1. The van der Waals surface area contributed by atoms with Gasteiger partial charge in [0.25, 0.3) is 0 Å². The van der Waals surface area contributed by atoms with Gasteiger partial charge in [-0.1, -0.05) is 12.1 Å². The van der Waals surface area contributed by atoms with Crippen LogP contribution in [0.2, 0.25) is 0 Å². The van der Waals surface area contributed by atoms with E-state index in [0.717, 1.165) is 31.7 Å². The quantitative estimate of drug-likeness (QED) is 0.864. The molecule has 0 spiro atoms. The first-order chi connectivity index (χ1) is 10.4. The normalized spacial score (nSPS) is 19.1. The molecule has 3 rings (SSSR count). The van der Waals surface area contributed by atoms with Crippen LogP contribution in [0.1, 0.15) is 50.7 Å². The molecule has 2 aliphatic rings. The third kappa shape index (κ3) is 3.27. The molecule has 0 aromatic heterocycles. The van der Waals surface area contributed by atoms with Crippen molar-refractivity contribution < 1.29 is 9.53 Å². The number of hydrogen-bond acceptors (Lipinski definition) is 3. The summed E-state index contributed by atoms with van der Waals surface area (Å²) in [7, 11) is 0. The predicted octanol–water partition coefficient (Wildman–Crippen LogP) is 3.45. The van der Waals surface area contributed by atoms with Gasteiger partial charge in [0.15, 0.2) is 0 Å². The van der Waals surface area contributed by atoms with Gasteiger partial charge in [-0.2, -0.15) is 0 Å². The summed E-state index contributed by atoms with van der Waals surface area (Å²) in [5, 5.41) is 3.41. The van der Waals surface area contributed by atoms with Crippen molar-refractivity contribution in [1.29, 1.82) is 0 Å². The molecule has 120 valence electrons. The molecule has 1 amide bonds. The number of amides is 1. The Morgan fingerprint density at radius 1 is 1.27 bits per heavy atom. The summed E-state index contributed by atoms with van der Waals surface area (Å²) in [5.74, 6) is 0.604. The molecule has 1 aromatic rings. The maximum absolute atomic E-state index is 12.4. The lowest BCUT2D eigenvalue weighted by Gasteiger charge is -2.26. The second-order valence-electron chi connectivity index (χ2n) is 7.29. The van der Waals surface area contributed by atoms with Crippen LogP contribution in [0.3, 0.4) is 0 Å². The number of hydrogen-bond donors (Lipinski definition) is 1. The van der Waals surface area contributed by atoms with Gasteiger partial charge < -0.3 is 10.1 Å². The van der Waals surface area contributed by atoms with Gasteiger partial charge >= 0.3 is 6.09 Å². The van der Waals surface area contributed by atoms with E-state index in [2.05, 4.69) is 23.5 Å². The maximum Gasteiger partial charge on any atom is 0.414 e. The molecule has 4 heteroatoms. The molecule has 0 radical (unpaired) electrons. The molecule has 4 nitrogen and oxygen atoms in total. The Kier molecular flexibility index (Phi) is 4.13. The van der Waals surface area contributed by atoms with Gasteiger partial charge in [0.2, 0.25) is 0 Å². The van der Waals surface area contributed by atoms with Gasteiger partial charge in [0.05, 0.1) is 5.69 Å². The van der Waals surface area contributed by atoms with E-state index in [1.165, 1.54) is 24.0 Å². The Labute approximate surface area is 132 Å². The largest absolute Gasteiger partial charge is 0.443 e. The van der Waals surface area contributed by atoms with Crippen molar-refractivity contribution in [3.8, 4) is 0 Å². The van der Waals surface area contributed by atoms with E-state index >= 15 is 0 Å². The van der Waals surface area contributed by atoms with E-state index in [1.54, 1.807) is 4.90 Å². The molecule has 2 aliphatic heterocycles. The molecular formula is C18H26N2O2. The van der Waals surface area contributed by atoms with E-state index in [4.69, 9.17) is 4.74 Å². The molecule has 2 heterocycles. The first kappa shape index (κ1) is 15.3. The number of benzene rings is 1. The fraction of sp³-hybridized carbons (Fsp3) is 0.611. The highest BCUT2D eigenvalue weighted by molar-refractivity contribution is 5.90. The van der Waals surface area contributed by atoms with Crippen LogP contribution in [0, 0.1) is 0 Å². The zero-order valence-electron chi connectivity index (χ0n) is 13.8. The number of carbonyl (C=O) groups is 1. The first-order valence-corrected chi connectivity index (χ1v) is 8.28. The van der Waals surface area contributed by atoms with E-state index in [1.807, 2.05) is 20.8 Å². The van der Waals surface area contributed by atoms with Gasteiger partial charge in [-0.15, -0.1) is 0 Å². The molecule has 1 aromatic carbocycles. The summed E-state index contributed by atoms with van der Waals surface area (Å²) in [6, 6.07) is 6.65. The van der Waals surface area contributed by atoms with Crippen molar-refractivity contribution >= 4 is 11.8 Å². The molecule has 1 saturated heterocycles. The lowest BCUT2D eigenvalue weighted by atomic mass is 9.89. The first-order valence-electron chi connectivity index (χ1n) is 8.28. The lowest BCUT2D eigenvalue weighted by Crippen LogP contribution is -2.35. The highest BCUT2D eigenvalue weighted by atomic mass is 16.6. The Hall–Kier alpha value is -1.55. The zero-order chi connectivity index (χ0) is 15.7. The fourth-order valence-corrected chi connectivity index (χ4v) is 3.31. The lowest BCUT2D eigenvalue weighted by molar-refractivity contribution is 0.0584. The second-order valence-corrected chi connectivity index (χ2v) is 7.29. The Morgan fingerprint density at radius 2 is 2.00 bits per heavy atom. The predicted molar refractivity (Wildman–Crippen MR) is 88.6 cm³/mol. The third-order valence-corrected chi connectivity index (χ3v) is 4.43. The highest BCUT2D eigenvalue weighted by Crippen LogP contribution is 2.34. The van der Waals surface area contributed by atoms with Crippen molar-refractivity contribution in [2.45, 2.75) is 51.6 Å². The van der Waals surface area contributed by atoms with Crippen LogP contribution in [-0.2, 0) is 11.2 Å². The number of piperidine rings is 1. The number of rotatable bonds is 1. The van der Waals surface area contributed by atoms with Gasteiger partial charge in [0, 0.05) is 6.54 Å². The van der Waals surface area contributed by atoms with Gasteiger partial charge in [0.1, 0.15) is 5.60 Å². The van der Waals surface area contributed by atoms with Crippen LogP contribution >= 0.6 is 0 Å². The van der Waals surface area contributed by atoms with Crippen molar-refractivity contribution in [1.82, 2.24) is 5.32 Å². The topological polar surface area (TPSA) is 41.6 Å². The van der Waals surface area contributed by atoms with Crippen LogP contribution in [0.25, 0.3) is 0 Å². The summed E-state index contributed by atoms with van der Waals surface area (Å²) < 4.78 is 5.54. The average Bonchev–Trinajstić information content (AvgIpc) is 2.89. The summed E-state index contributed by atoms with van der Waals surface area (Å²) in [5.41, 5.74) is 3.21. The van der Waals surface area contributed by atoms with Gasteiger partial charge in [-0.3, -0.25) is 4.90 Å². The number of fused-ring (bicyclic) bond motifs is 1. The van der Waals surface area contributed by atoms with E-state index < -0.39 is 5.60 Å². The molecule has 0 atom stereocenters. The zero-order valence-corrected chi connectivity index (χ0v) is 13.8. The molecule has 0 saturated carbocycles. The molecule has 1 fully saturated rings. The summed E-state index contributed by atoms with van der Waals surface area (Å²) >= 11 is 0. The van der Waals surface area contributed by atoms with Crippen molar-refractivity contribution in [3.05, 3.63) is 29.3 Å². The summed E-state index contributed by atoms with van der Waals surface area (Å²) in [4.78, 5) is 14.2. The molecule has 1 N–H and O–H groups in total. The molecule has 22 heavy (non-hydrogen) atoms. The van der Waals surface area contributed by atoms with E-state index in [9.17, 15) is 4.79 Å². The van der Waals surface area contributed by atoms with Gasteiger partial charge in [-0.05, 0) is 76.2 Å². The molecule has 0 unspecified atom stereocenters. The number of ether oxygens (including phenoxy) is 1. The van der Waals surface area contributed by atoms with E-state index in [0.29, 0.717) is 5.92 Å². The van der Waals surface area contributed by atoms with Gasteiger partial charge in [-0.25, -0.2) is 4.79 Å². The molecule has 0 bridgehead atoms. The minimum atomic E-state index is -0.452. The monoisotopic (exact) mass is 302 g/mol. The van der Waals surface area contributed by atoms with Crippen LogP contribution in [0.15, 0.2) is 18.2 Å². The standard InChI is InChI=1S/C18H26N2O2/c1-18(2,3)22-17(21)20-11-8-14-4-5-15(12-16(14)20)13-6-9-19-10-7-13/h4-5,12-13,19H,6-11H2,1-3H3. The third-order valence-electron chi connectivity index (χ3n) is 4.43. The van der Waals surface area contributed by atoms with Crippen molar-refractivity contribution in [2.24, 2.45) is 0 Å². The van der Waals surface area contributed by atoms with Crippen LogP contribution < -0.4 is 10.2 Å². The van der Waals surface area contributed by atoms with Crippen LogP contribution in [0.4, 0.5) is 10.5 Å². The number of nitrogens with one attached hydrogen (secondary N) is 1. The number of nitrogens with zero attached hydrogens (tertiary/aromatic N) is 1. The highest BCUT2D eigenvalue weighted by Gasteiger charge is 2.29. The smallest absolute Gasteiger partial charge is 0.414 e. The number of anilines is 1. The minimum Gasteiger partial charge on any atom is -0.443 e. The Morgan fingerprint density at radius 3 is 2.68 bits per heavy atom. The van der Waals surface area contributed by atoms with Crippen molar-refractivity contribution in [3.63, 3.8) is 0 Å². The molecular weight excluding hydrogens is 276 g/mol. The summed E-state index contributed by atoms with van der Waals surface area (Å²) in [6.07, 6.45) is 3.03. The Balaban J connectivity index is 1.81. The SMILES string of the molecule is CC(C)(C)OC(=O)N1CCc2ccc(C3CCNCC3)cc21. The second kappa shape index (κ2) is 5.92.